The zero-order chi connectivity index (χ0) is 15.2. The topological polar surface area (TPSA) is 57.4 Å². The Kier molecular flexibility index (Phi) is 5.42. The number of ether oxygens (including phenoxy) is 2. The Morgan fingerprint density at radius 2 is 1.67 bits per heavy atom. The molecule has 0 amide bonds. The molecule has 1 heterocycles. The number of benzene rings is 1. The molecule has 1 aromatic heterocycles. The first-order valence-electron chi connectivity index (χ1n) is 6.91. The van der Waals surface area contributed by atoms with Crippen LogP contribution in [0.3, 0.4) is 0 Å². The maximum Gasteiger partial charge on any atom is 0.162 e. The van der Waals surface area contributed by atoms with Gasteiger partial charge in [0.2, 0.25) is 0 Å². The number of hydrogen-bond acceptors (Lipinski definition) is 4. The molecule has 2 N–H and O–H groups in total. The lowest BCUT2D eigenvalue weighted by molar-refractivity contribution is 0.287. The van der Waals surface area contributed by atoms with E-state index >= 15 is 0 Å². The molecule has 0 fully saturated rings. The van der Waals surface area contributed by atoms with Crippen molar-refractivity contribution in [2.24, 2.45) is 5.73 Å². The smallest absolute Gasteiger partial charge is 0.162 e. The number of halogens is 1. The minimum Gasteiger partial charge on any atom is -0.490 e. The van der Waals surface area contributed by atoms with Gasteiger partial charge in [0.15, 0.2) is 11.5 Å². The van der Waals surface area contributed by atoms with Crippen molar-refractivity contribution >= 4 is 11.6 Å². The lowest BCUT2D eigenvalue weighted by Crippen LogP contribution is -2.13. The van der Waals surface area contributed by atoms with Gasteiger partial charge in [0.05, 0.1) is 19.3 Å². The summed E-state index contributed by atoms with van der Waals surface area (Å²) in [6, 6.07) is 7.01. The molecule has 4 nitrogen and oxygen atoms in total. The zero-order valence-electron chi connectivity index (χ0n) is 12.2. The summed E-state index contributed by atoms with van der Waals surface area (Å²) in [6.45, 7) is 4.94. The van der Waals surface area contributed by atoms with E-state index in [-0.39, 0.29) is 6.04 Å². The number of nitrogens with two attached hydrogens (primary N) is 1. The van der Waals surface area contributed by atoms with E-state index in [9.17, 15) is 0 Å². The predicted molar refractivity (Wildman–Crippen MR) is 84.1 cm³/mol. The largest absolute Gasteiger partial charge is 0.490 e. The van der Waals surface area contributed by atoms with Gasteiger partial charge in [0.1, 0.15) is 0 Å². The second kappa shape index (κ2) is 7.29. The van der Waals surface area contributed by atoms with Gasteiger partial charge in [-0.2, -0.15) is 0 Å². The molecule has 1 unspecified atom stereocenters. The maximum atomic E-state index is 6.35. The first kappa shape index (κ1) is 15.6. The minimum atomic E-state index is -0.338. The third-order valence-corrected chi connectivity index (χ3v) is 3.39. The van der Waals surface area contributed by atoms with E-state index in [0.717, 1.165) is 11.1 Å². The number of pyridine rings is 1. The van der Waals surface area contributed by atoms with Crippen molar-refractivity contribution in [3.05, 3.63) is 52.8 Å². The second-order valence-electron chi connectivity index (χ2n) is 4.44. The molecule has 1 atom stereocenters. The van der Waals surface area contributed by atoms with Gasteiger partial charge < -0.3 is 15.2 Å². The number of nitrogens with zero attached hydrogens (tertiary/aromatic N) is 1. The predicted octanol–water partition coefficient (Wildman–Crippen LogP) is 3.58. The summed E-state index contributed by atoms with van der Waals surface area (Å²) >= 11 is 6.35. The average Bonchev–Trinajstić information content (AvgIpc) is 2.50. The van der Waals surface area contributed by atoms with Crippen LogP contribution in [-0.2, 0) is 0 Å². The molecule has 5 heteroatoms. The third-order valence-electron chi connectivity index (χ3n) is 3.06. The standard InChI is InChI=1S/C16H19ClN2O2/c1-3-20-14-9-12(13(17)10-15(14)21-4-2)16(18)11-5-7-19-8-6-11/h5-10,16H,3-4,18H2,1-2H3. The molecule has 2 aromatic rings. The van der Waals surface area contributed by atoms with Crippen molar-refractivity contribution in [3.8, 4) is 11.5 Å². The first-order valence-corrected chi connectivity index (χ1v) is 7.29. The molecule has 0 aliphatic heterocycles. The average molecular weight is 307 g/mol. The van der Waals surface area contributed by atoms with E-state index in [2.05, 4.69) is 4.98 Å². The fourth-order valence-electron chi connectivity index (χ4n) is 2.08. The van der Waals surface area contributed by atoms with Crippen molar-refractivity contribution in [2.45, 2.75) is 19.9 Å². The van der Waals surface area contributed by atoms with Gasteiger partial charge in [-0.05, 0) is 43.2 Å². The van der Waals surface area contributed by atoms with Crippen LogP contribution >= 0.6 is 11.6 Å². The molecule has 1 aromatic carbocycles. The van der Waals surface area contributed by atoms with E-state index in [1.807, 2.05) is 32.0 Å². The number of hydrogen-bond donors (Lipinski definition) is 1. The highest BCUT2D eigenvalue weighted by Gasteiger charge is 2.17. The van der Waals surface area contributed by atoms with Crippen LogP contribution in [0.1, 0.15) is 31.0 Å². The van der Waals surface area contributed by atoms with E-state index in [4.69, 9.17) is 26.8 Å². The summed E-state index contributed by atoms with van der Waals surface area (Å²) in [7, 11) is 0. The van der Waals surface area contributed by atoms with Crippen LogP contribution in [-0.4, -0.2) is 18.2 Å². The van der Waals surface area contributed by atoms with Crippen molar-refractivity contribution in [1.29, 1.82) is 0 Å². The molecule has 2 rings (SSSR count). The van der Waals surface area contributed by atoms with Gasteiger partial charge in [-0.15, -0.1) is 0 Å². The Labute approximate surface area is 129 Å². The molecular weight excluding hydrogens is 288 g/mol. The Morgan fingerprint density at radius 1 is 1.10 bits per heavy atom. The maximum absolute atomic E-state index is 6.35. The monoisotopic (exact) mass is 306 g/mol. The first-order chi connectivity index (χ1) is 10.2. The highest BCUT2D eigenvalue weighted by molar-refractivity contribution is 6.31. The number of aromatic nitrogens is 1. The molecule has 0 aliphatic rings. The van der Waals surface area contributed by atoms with Gasteiger partial charge in [-0.1, -0.05) is 11.6 Å². The summed E-state index contributed by atoms with van der Waals surface area (Å²) in [6.07, 6.45) is 3.42. The van der Waals surface area contributed by atoms with Gasteiger partial charge in [0, 0.05) is 23.5 Å². The summed E-state index contributed by atoms with van der Waals surface area (Å²) in [5.41, 5.74) is 8.04. The van der Waals surface area contributed by atoms with Gasteiger partial charge in [0.25, 0.3) is 0 Å². The summed E-state index contributed by atoms with van der Waals surface area (Å²) in [5, 5.41) is 0.561. The van der Waals surface area contributed by atoms with Crippen LogP contribution in [0.5, 0.6) is 11.5 Å². The third kappa shape index (κ3) is 3.65. The lowest BCUT2D eigenvalue weighted by atomic mass is 10.00. The van der Waals surface area contributed by atoms with Gasteiger partial charge >= 0.3 is 0 Å². The second-order valence-corrected chi connectivity index (χ2v) is 4.85. The van der Waals surface area contributed by atoms with E-state index in [0.29, 0.717) is 29.7 Å². The van der Waals surface area contributed by atoms with Gasteiger partial charge in [-0.3, -0.25) is 4.98 Å². The van der Waals surface area contributed by atoms with Crippen LogP contribution in [0.4, 0.5) is 0 Å². The fraction of sp³-hybridized carbons (Fsp3) is 0.312. The van der Waals surface area contributed by atoms with Crippen LogP contribution in [0.25, 0.3) is 0 Å². The molecule has 0 radical (unpaired) electrons. The molecule has 0 aliphatic carbocycles. The SMILES string of the molecule is CCOc1cc(Cl)c(C(N)c2ccncc2)cc1OCC. The van der Waals surface area contributed by atoms with Crippen molar-refractivity contribution in [3.63, 3.8) is 0 Å². The normalized spacial score (nSPS) is 12.0. The highest BCUT2D eigenvalue weighted by Crippen LogP contribution is 2.37. The summed E-state index contributed by atoms with van der Waals surface area (Å²) in [4.78, 5) is 4.00. The van der Waals surface area contributed by atoms with E-state index in [1.165, 1.54) is 0 Å². The minimum absolute atomic E-state index is 0.338. The Balaban J connectivity index is 2.41. The van der Waals surface area contributed by atoms with Crippen molar-refractivity contribution < 1.29 is 9.47 Å². The van der Waals surface area contributed by atoms with Gasteiger partial charge in [-0.25, -0.2) is 0 Å². The molecule has 0 saturated carbocycles. The molecular formula is C16H19ClN2O2. The van der Waals surface area contributed by atoms with Crippen LogP contribution in [0.2, 0.25) is 5.02 Å². The molecule has 112 valence electrons. The summed E-state index contributed by atoms with van der Waals surface area (Å²) < 4.78 is 11.2. The fourth-order valence-corrected chi connectivity index (χ4v) is 2.35. The molecule has 0 spiro atoms. The molecule has 0 saturated heterocycles. The molecule has 21 heavy (non-hydrogen) atoms. The lowest BCUT2D eigenvalue weighted by Gasteiger charge is -2.18. The number of rotatable bonds is 6. The quantitative estimate of drug-likeness (QED) is 0.886. The molecule has 0 bridgehead atoms. The van der Waals surface area contributed by atoms with E-state index < -0.39 is 0 Å². The zero-order valence-corrected chi connectivity index (χ0v) is 12.9. The Bertz CT molecular complexity index is 590. The van der Waals surface area contributed by atoms with Crippen molar-refractivity contribution in [1.82, 2.24) is 4.98 Å². The Morgan fingerprint density at radius 3 is 2.24 bits per heavy atom. The van der Waals surface area contributed by atoms with Crippen LogP contribution in [0, 0.1) is 0 Å². The highest BCUT2D eigenvalue weighted by atomic mass is 35.5. The van der Waals surface area contributed by atoms with E-state index in [1.54, 1.807) is 18.5 Å². The van der Waals surface area contributed by atoms with Crippen molar-refractivity contribution in [2.75, 3.05) is 13.2 Å². The van der Waals surface area contributed by atoms with Crippen LogP contribution in [0.15, 0.2) is 36.7 Å². The van der Waals surface area contributed by atoms with Crippen LogP contribution < -0.4 is 15.2 Å². The Hall–Kier alpha value is -1.78. The summed E-state index contributed by atoms with van der Waals surface area (Å²) in [5.74, 6) is 1.29.